The van der Waals surface area contributed by atoms with Crippen LogP contribution in [-0.4, -0.2) is 42.1 Å². The van der Waals surface area contributed by atoms with E-state index in [1.165, 1.54) is 11.3 Å². The van der Waals surface area contributed by atoms with E-state index in [0.29, 0.717) is 30.1 Å². The van der Waals surface area contributed by atoms with Gasteiger partial charge >= 0.3 is 5.97 Å². The molecule has 1 amide bonds. The summed E-state index contributed by atoms with van der Waals surface area (Å²) in [6.07, 6.45) is 0.531. The van der Waals surface area contributed by atoms with Gasteiger partial charge in [0.15, 0.2) is 0 Å². The Bertz CT molecular complexity index is 448. The van der Waals surface area contributed by atoms with Crippen LogP contribution < -0.4 is 4.74 Å². The molecule has 2 rings (SSSR count). The first kappa shape index (κ1) is 14.8. The van der Waals surface area contributed by atoms with Crippen LogP contribution in [0.4, 0.5) is 0 Å². The first-order valence-corrected chi connectivity index (χ1v) is 6.14. The average molecular weight is 292 g/mol. The van der Waals surface area contributed by atoms with Gasteiger partial charge in [0, 0.05) is 24.5 Å². The van der Waals surface area contributed by atoms with Crippen molar-refractivity contribution < 1.29 is 19.4 Å². The summed E-state index contributed by atoms with van der Waals surface area (Å²) in [5.41, 5.74) is 0. The molecule has 1 saturated heterocycles. The van der Waals surface area contributed by atoms with Gasteiger partial charge in [0.2, 0.25) is 0 Å². The molecule has 0 spiro atoms. The van der Waals surface area contributed by atoms with Gasteiger partial charge in [0.25, 0.3) is 5.91 Å². The van der Waals surface area contributed by atoms with Gasteiger partial charge in [0.05, 0.1) is 17.9 Å². The van der Waals surface area contributed by atoms with Crippen LogP contribution in [0.1, 0.15) is 16.1 Å². The number of halogens is 1. The molecule has 1 atom stereocenters. The second-order valence-electron chi connectivity index (χ2n) is 3.93. The fourth-order valence-corrected chi connectivity index (χ4v) is 2.66. The molecule has 100 valence electrons. The van der Waals surface area contributed by atoms with Crippen LogP contribution in [0.5, 0.6) is 5.75 Å². The molecule has 0 bridgehead atoms. The molecule has 1 unspecified atom stereocenters. The number of ether oxygens (including phenoxy) is 1. The fourth-order valence-electron chi connectivity index (χ4n) is 1.84. The summed E-state index contributed by atoms with van der Waals surface area (Å²) < 4.78 is 5.01. The van der Waals surface area contributed by atoms with Crippen molar-refractivity contribution in [3.05, 3.63) is 16.3 Å². The van der Waals surface area contributed by atoms with E-state index in [9.17, 15) is 9.59 Å². The number of likely N-dealkylation sites (tertiary alicyclic amines) is 1. The van der Waals surface area contributed by atoms with Gasteiger partial charge in [-0.15, -0.1) is 23.7 Å². The van der Waals surface area contributed by atoms with Gasteiger partial charge in [-0.1, -0.05) is 0 Å². The van der Waals surface area contributed by atoms with Gasteiger partial charge in [-0.05, 0) is 6.42 Å². The minimum Gasteiger partial charge on any atom is -0.496 e. The topological polar surface area (TPSA) is 66.8 Å². The number of hydrogen-bond acceptors (Lipinski definition) is 4. The highest BCUT2D eigenvalue weighted by Gasteiger charge is 2.31. The normalized spacial score (nSPS) is 18.3. The second-order valence-corrected chi connectivity index (χ2v) is 4.84. The standard InChI is InChI=1S/C11H13NO4S.ClH/c1-16-8-4-9(17-6-8)10(13)12-3-2-7(5-12)11(14)15;/h4,6-7H,2-3,5H2,1H3,(H,14,15);1H. The van der Waals surface area contributed by atoms with Gasteiger partial charge in [-0.25, -0.2) is 0 Å². The van der Waals surface area contributed by atoms with Gasteiger partial charge in [-0.3, -0.25) is 9.59 Å². The Kier molecular flexibility index (Phi) is 4.98. The number of carbonyl (C=O) groups is 2. The van der Waals surface area contributed by atoms with Crippen molar-refractivity contribution in [2.75, 3.05) is 20.2 Å². The third-order valence-electron chi connectivity index (χ3n) is 2.85. The summed E-state index contributed by atoms with van der Waals surface area (Å²) in [7, 11) is 1.55. The number of aliphatic carboxylic acids is 1. The van der Waals surface area contributed by atoms with E-state index in [2.05, 4.69) is 0 Å². The molecule has 1 fully saturated rings. The summed E-state index contributed by atoms with van der Waals surface area (Å²) in [5.74, 6) is -0.709. The van der Waals surface area contributed by atoms with Crippen molar-refractivity contribution in [1.82, 2.24) is 4.90 Å². The van der Waals surface area contributed by atoms with E-state index in [4.69, 9.17) is 9.84 Å². The Balaban J connectivity index is 0.00000162. The van der Waals surface area contributed by atoms with E-state index in [1.807, 2.05) is 0 Å². The Morgan fingerprint density at radius 3 is 2.78 bits per heavy atom. The highest BCUT2D eigenvalue weighted by Crippen LogP contribution is 2.25. The van der Waals surface area contributed by atoms with Crippen LogP contribution in [-0.2, 0) is 4.79 Å². The van der Waals surface area contributed by atoms with Crippen molar-refractivity contribution in [3.63, 3.8) is 0 Å². The quantitative estimate of drug-likeness (QED) is 0.921. The molecular formula is C11H14ClNO4S. The molecule has 1 aliphatic heterocycles. The lowest BCUT2D eigenvalue weighted by Crippen LogP contribution is -2.29. The molecular weight excluding hydrogens is 278 g/mol. The van der Waals surface area contributed by atoms with Gasteiger partial charge < -0.3 is 14.7 Å². The van der Waals surface area contributed by atoms with E-state index < -0.39 is 11.9 Å². The maximum atomic E-state index is 12.0. The molecule has 1 aromatic heterocycles. The molecule has 1 aromatic rings. The molecule has 7 heteroatoms. The molecule has 0 aromatic carbocycles. The number of hydrogen-bond donors (Lipinski definition) is 1. The Labute approximate surface area is 115 Å². The Morgan fingerprint density at radius 2 is 2.28 bits per heavy atom. The first-order chi connectivity index (χ1) is 8.11. The smallest absolute Gasteiger partial charge is 0.308 e. The third kappa shape index (κ3) is 2.94. The van der Waals surface area contributed by atoms with Crippen molar-refractivity contribution in [3.8, 4) is 5.75 Å². The minimum atomic E-state index is -0.830. The molecule has 0 radical (unpaired) electrons. The number of thiophene rings is 1. The highest BCUT2D eigenvalue weighted by atomic mass is 35.5. The summed E-state index contributed by atoms with van der Waals surface area (Å²) in [6, 6.07) is 1.68. The number of carboxylic acids is 1. The van der Waals surface area contributed by atoms with Crippen molar-refractivity contribution in [2.45, 2.75) is 6.42 Å². The molecule has 18 heavy (non-hydrogen) atoms. The molecule has 0 saturated carbocycles. The van der Waals surface area contributed by atoms with E-state index >= 15 is 0 Å². The molecule has 1 aliphatic rings. The van der Waals surface area contributed by atoms with Gasteiger partial charge in [-0.2, -0.15) is 0 Å². The molecule has 1 N–H and O–H groups in total. The van der Waals surface area contributed by atoms with Gasteiger partial charge in [0.1, 0.15) is 5.75 Å². The number of carboxylic acid groups (broad SMARTS) is 1. The van der Waals surface area contributed by atoms with Crippen LogP contribution in [0, 0.1) is 5.92 Å². The number of amides is 1. The highest BCUT2D eigenvalue weighted by molar-refractivity contribution is 7.12. The molecule has 2 heterocycles. The van der Waals surface area contributed by atoms with Crippen LogP contribution in [0.3, 0.4) is 0 Å². The lowest BCUT2D eigenvalue weighted by molar-refractivity contribution is -0.141. The van der Waals surface area contributed by atoms with Crippen molar-refractivity contribution in [2.24, 2.45) is 5.92 Å². The Hall–Kier alpha value is -1.27. The zero-order chi connectivity index (χ0) is 12.4. The summed E-state index contributed by atoms with van der Waals surface area (Å²) in [6.45, 7) is 0.810. The second kappa shape index (κ2) is 6.06. The largest absolute Gasteiger partial charge is 0.496 e. The van der Waals surface area contributed by atoms with Crippen LogP contribution >= 0.6 is 23.7 Å². The number of methoxy groups -OCH3 is 1. The number of nitrogens with zero attached hydrogens (tertiary/aromatic N) is 1. The summed E-state index contributed by atoms with van der Waals surface area (Å²) in [5, 5.41) is 10.6. The summed E-state index contributed by atoms with van der Waals surface area (Å²) >= 11 is 1.32. The molecule has 0 aliphatic carbocycles. The zero-order valence-electron chi connectivity index (χ0n) is 9.79. The fraction of sp³-hybridized carbons (Fsp3) is 0.455. The van der Waals surface area contributed by atoms with E-state index in [0.717, 1.165) is 0 Å². The Morgan fingerprint density at radius 1 is 1.56 bits per heavy atom. The van der Waals surface area contributed by atoms with E-state index in [1.54, 1.807) is 23.5 Å². The van der Waals surface area contributed by atoms with Crippen LogP contribution in [0.2, 0.25) is 0 Å². The van der Waals surface area contributed by atoms with Crippen LogP contribution in [0.15, 0.2) is 11.4 Å². The summed E-state index contributed by atoms with van der Waals surface area (Å²) in [4.78, 5) is 25.0. The first-order valence-electron chi connectivity index (χ1n) is 5.26. The maximum Gasteiger partial charge on any atom is 0.308 e. The predicted octanol–water partition coefficient (Wildman–Crippen LogP) is 1.73. The lowest BCUT2D eigenvalue weighted by atomic mass is 10.1. The predicted molar refractivity (Wildman–Crippen MR) is 69.8 cm³/mol. The third-order valence-corrected chi connectivity index (χ3v) is 3.74. The monoisotopic (exact) mass is 291 g/mol. The number of rotatable bonds is 3. The lowest BCUT2D eigenvalue weighted by Gasteiger charge is -2.14. The van der Waals surface area contributed by atoms with Crippen LogP contribution in [0.25, 0.3) is 0 Å². The molecule has 5 nitrogen and oxygen atoms in total. The van der Waals surface area contributed by atoms with Crippen molar-refractivity contribution >= 4 is 35.6 Å². The van der Waals surface area contributed by atoms with Crippen molar-refractivity contribution in [1.29, 1.82) is 0 Å². The maximum absolute atomic E-state index is 12.0. The average Bonchev–Trinajstić information content (AvgIpc) is 2.97. The van der Waals surface area contributed by atoms with E-state index in [-0.39, 0.29) is 18.3 Å². The SMILES string of the molecule is COc1csc(C(=O)N2CCC(C(=O)O)C2)c1.Cl. The zero-order valence-corrected chi connectivity index (χ0v) is 11.4. The number of carbonyl (C=O) groups excluding carboxylic acids is 1. The minimum absolute atomic E-state index is 0.